The van der Waals surface area contributed by atoms with Gasteiger partial charge in [-0.15, -0.1) is 26.3 Å². The van der Waals surface area contributed by atoms with Crippen LogP contribution in [0.4, 0.5) is 26.3 Å². The minimum Gasteiger partial charge on any atom is -0.507 e. The number of benzene rings is 13. The number of ether oxygens (including phenoxy) is 2. The van der Waals surface area contributed by atoms with Gasteiger partial charge in [-0.2, -0.15) is 0 Å². The zero-order chi connectivity index (χ0) is 88.6. The van der Waals surface area contributed by atoms with Crippen LogP contribution in [0.3, 0.4) is 0 Å². The number of methoxy groups -OCH3 is 1. The molecule has 1 atom stereocenters. The Morgan fingerprint density at radius 1 is 0.325 bits per heavy atom. The zero-order valence-corrected chi connectivity index (χ0v) is 78.2. The topological polar surface area (TPSA) is 62.2 Å². The highest BCUT2D eigenvalue weighted by molar-refractivity contribution is 7.98. The first-order valence-electron chi connectivity index (χ1n) is 41.8. The number of thiophene rings is 1. The summed E-state index contributed by atoms with van der Waals surface area (Å²) in [4.78, 5) is 12.5. The van der Waals surface area contributed by atoms with Gasteiger partial charge in [0.15, 0.2) is 85.0 Å². The van der Waals surface area contributed by atoms with Crippen LogP contribution in [0.15, 0.2) is 358 Å². The van der Waals surface area contributed by atoms with E-state index in [1.807, 2.05) is 39.8 Å². The fourth-order valence-electron chi connectivity index (χ4n) is 14.2. The van der Waals surface area contributed by atoms with Gasteiger partial charge in [-0.3, -0.25) is 0 Å². The van der Waals surface area contributed by atoms with Crippen LogP contribution < -0.4 is 9.47 Å². The van der Waals surface area contributed by atoms with Crippen molar-refractivity contribution >= 4 is 85.1 Å². The number of nitrogens with zero attached hydrogens (tertiary/aromatic N) is 1. The van der Waals surface area contributed by atoms with Crippen molar-refractivity contribution in [2.45, 2.75) is 181 Å². The SMILES string of the molecule is CCCC[S+](CCCC)CCCC.COc1c(C)cc([S+](c2ccccc2)C(F)(F)F)cc1C.Cc1cc(-[s+]2c3ccccc3c3ccccc32)cc(C)c1O.Cc1cc([S+](c2ccccc2)c2ccccc2)cc(C)c1O.Cc1cc([S+](c2ccccc2)c2ccccc2)cc(C)c1OCCCN(C)C.FC(F)(F)[S+](c1ccccc1)c1ccccc1. The number of aromatic hydroxyl groups is 2. The fourth-order valence-corrected chi connectivity index (χ4v) is 27.5. The van der Waals surface area contributed by atoms with Crippen LogP contribution in [0.5, 0.6) is 23.0 Å². The number of phenolic OH excluding ortho intramolecular Hbond substituents is 2. The van der Waals surface area contributed by atoms with Crippen LogP contribution in [0.2, 0.25) is 0 Å². The van der Waals surface area contributed by atoms with Crippen LogP contribution in [-0.2, 0) is 54.5 Å². The molecule has 0 saturated heterocycles. The van der Waals surface area contributed by atoms with Crippen molar-refractivity contribution < 1.29 is 46.0 Å². The third-order valence-corrected chi connectivity index (χ3v) is 33.3. The maximum atomic E-state index is 13.5. The van der Waals surface area contributed by atoms with E-state index >= 15 is 0 Å². The lowest BCUT2D eigenvalue weighted by molar-refractivity contribution is -0.0379. The second kappa shape index (κ2) is 48.7. The summed E-state index contributed by atoms with van der Waals surface area (Å²) < 4.78 is 94.0. The van der Waals surface area contributed by atoms with Gasteiger partial charge < -0.3 is 24.6 Å². The van der Waals surface area contributed by atoms with Gasteiger partial charge in [-0.25, -0.2) is 0 Å². The monoisotopic (exact) mass is 1780 g/mol. The minimum atomic E-state index is -4.31. The van der Waals surface area contributed by atoms with E-state index in [4.69, 9.17) is 9.47 Å². The minimum absolute atomic E-state index is 0.0805. The predicted molar refractivity (Wildman–Crippen MR) is 517 cm³/mol. The van der Waals surface area contributed by atoms with Crippen molar-refractivity contribution in [1.29, 1.82) is 0 Å². The molecule has 14 rings (SSSR count). The normalized spacial score (nSPS) is 11.6. The Balaban J connectivity index is 0.000000170. The molecule has 2 N–H and O–H groups in total. The van der Waals surface area contributed by atoms with Gasteiger partial charge in [0, 0.05) is 76.3 Å². The van der Waals surface area contributed by atoms with Crippen molar-refractivity contribution in [2.75, 3.05) is 51.6 Å². The molecule has 13 aromatic carbocycles. The Kier molecular flexibility index (Phi) is 38.6. The predicted octanol–water partition coefficient (Wildman–Crippen LogP) is 30.0. The highest BCUT2D eigenvalue weighted by Gasteiger charge is 2.56. The van der Waals surface area contributed by atoms with Crippen molar-refractivity contribution in [3.05, 3.63) is 354 Å². The maximum absolute atomic E-state index is 13.5. The zero-order valence-electron chi connectivity index (χ0n) is 73.3. The number of halogens is 6. The molecule has 0 amide bonds. The van der Waals surface area contributed by atoms with Gasteiger partial charge >= 0.3 is 11.0 Å². The number of fused-ring (bicyclic) bond motifs is 3. The van der Waals surface area contributed by atoms with Gasteiger partial charge in [0.1, 0.15) is 40.3 Å². The molecule has 0 aliphatic rings. The lowest BCUT2D eigenvalue weighted by Gasteiger charge is -2.15. The van der Waals surface area contributed by atoms with E-state index in [1.54, 1.807) is 80.6 Å². The number of alkyl halides is 6. The average molecular weight is 1780 g/mol. The van der Waals surface area contributed by atoms with E-state index in [-0.39, 0.29) is 42.1 Å². The Labute approximate surface area is 744 Å². The Morgan fingerprint density at radius 3 is 0.894 bits per heavy atom. The smallest absolute Gasteiger partial charge is 0.507 e. The highest BCUT2D eigenvalue weighted by Crippen LogP contribution is 2.50. The van der Waals surface area contributed by atoms with E-state index in [2.05, 4.69) is 248 Å². The Hall–Kier alpha value is -9.43. The molecular weight excluding hydrogens is 1660 g/mol. The molecule has 1 heterocycles. The number of phenols is 2. The van der Waals surface area contributed by atoms with Gasteiger partial charge in [0.25, 0.3) is 0 Å². The van der Waals surface area contributed by atoms with Gasteiger partial charge in [-0.1, -0.05) is 192 Å². The fraction of sp³-hybridized carbons (Fsp3) is 0.264. The number of hydrogen-bond donors (Lipinski definition) is 2. The summed E-state index contributed by atoms with van der Waals surface area (Å²) in [6.07, 6.45) is 9.53. The molecule has 0 fully saturated rings. The van der Waals surface area contributed by atoms with Crippen molar-refractivity contribution in [2.24, 2.45) is 0 Å². The summed E-state index contributed by atoms with van der Waals surface area (Å²) in [5, 5.41) is 22.8. The number of unbranched alkanes of at least 4 members (excludes halogenated alkanes) is 3. The summed E-state index contributed by atoms with van der Waals surface area (Å²) >= 11 is 0. The van der Waals surface area contributed by atoms with Gasteiger partial charge in [0.2, 0.25) is 0 Å². The molecule has 0 saturated carbocycles. The van der Waals surface area contributed by atoms with Crippen molar-refractivity contribution in [3.8, 4) is 27.9 Å². The summed E-state index contributed by atoms with van der Waals surface area (Å²) in [5.74, 6) is 7.01. The van der Waals surface area contributed by atoms with E-state index in [9.17, 15) is 36.6 Å². The maximum Gasteiger partial charge on any atom is 0.586 e. The third-order valence-electron chi connectivity index (χ3n) is 20.1. The Bertz CT molecular complexity index is 5230. The van der Waals surface area contributed by atoms with E-state index in [0.29, 0.717) is 38.2 Å². The highest BCUT2D eigenvalue weighted by atomic mass is 32.2. The van der Waals surface area contributed by atoms with E-state index in [1.165, 1.54) is 165 Å². The molecule has 0 bridgehead atoms. The standard InChI is InChI=1S/C25H30NOS.C20H16OS.C20H18OS.C16H16F3OS.C13H10F3S.C12H27S/c1-20-18-24(19-21(2)25(20)27-17-11-16-26(3)4)28(22-12-7-5-8-13-22)23-14-9-6-10-15-23;1-13-11-15(12-14(2)20(13)21)22-18-9-5-3-7-16(18)17-8-4-6-10-19(17)22;1-15-13-19(14-16(2)20(15)21)22(17-9-5-3-6-10-17)18-11-7-4-8-12-18;1-11-9-14(10-12(2)15(11)20-3)21(16(17,18)19)13-7-5-4-6-8-13;14-13(15,16)17(11-7-3-1-4-8-11)12-9-5-2-6-10-12;1-4-7-10-13(11-8-5-2)12-9-6-3/h5-10,12-15,18-19H,11,16-17H2,1-4H3;3-12H,1-2H3;3-14H,1-2H3;4-10H,1-3H3;1-10H;4-12H2,1-3H3/q+1;;;3*+1/p+2. The molecule has 0 radical (unpaired) electrons. The average Bonchev–Trinajstić information content (AvgIpc) is 1.59. The van der Waals surface area contributed by atoms with Crippen molar-refractivity contribution in [3.63, 3.8) is 0 Å². The molecule has 0 aliphatic heterocycles. The summed E-state index contributed by atoms with van der Waals surface area (Å²) in [5.41, 5.74) is -0.950. The van der Waals surface area contributed by atoms with Crippen LogP contribution in [0, 0.1) is 55.4 Å². The second-order valence-electron chi connectivity index (χ2n) is 30.2. The molecule has 14 aromatic rings. The molecule has 1 aromatic heterocycles. The molecule has 0 aliphatic carbocycles. The molecular formula is C106H119F6NO4S6+6. The first-order valence-corrected chi connectivity index (χ1v) is 49.7. The lowest BCUT2D eigenvalue weighted by Crippen LogP contribution is -2.24. The molecule has 0 spiro atoms. The van der Waals surface area contributed by atoms with Crippen molar-refractivity contribution in [1.82, 2.24) is 4.90 Å². The third kappa shape index (κ3) is 28.0. The van der Waals surface area contributed by atoms with E-state index in [0.717, 1.165) is 58.5 Å². The molecule has 17 heteroatoms. The molecule has 5 nitrogen and oxygen atoms in total. The number of hydrogen-bond acceptors (Lipinski definition) is 5. The summed E-state index contributed by atoms with van der Waals surface area (Å²) in [6.45, 7) is 24.4. The van der Waals surface area contributed by atoms with Crippen LogP contribution in [0.1, 0.15) is 110 Å². The first kappa shape index (κ1) is 97.4. The second-order valence-corrected chi connectivity index (χ2v) is 42.7. The molecule has 123 heavy (non-hydrogen) atoms. The largest absolute Gasteiger partial charge is 0.586 e. The van der Waals surface area contributed by atoms with Crippen LogP contribution in [-0.4, -0.2) is 77.7 Å². The van der Waals surface area contributed by atoms with Crippen LogP contribution in [0.25, 0.3) is 25.1 Å². The quantitative estimate of drug-likeness (QED) is 0.0321. The number of aryl methyl sites for hydroxylation is 8. The summed E-state index contributed by atoms with van der Waals surface area (Å²) in [7, 11) is 2.32. The first-order chi connectivity index (χ1) is 59.2. The summed E-state index contributed by atoms with van der Waals surface area (Å²) in [6, 6.07) is 100. The van der Waals surface area contributed by atoms with Gasteiger partial charge in [0.05, 0.1) is 35.5 Å². The Morgan fingerprint density at radius 2 is 0.593 bits per heavy atom. The van der Waals surface area contributed by atoms with Crippen LogP contribution >= 0.6 is 10.5 Å². The molecule has 644 valence electrons. The lowest BCUT2D eigenvalue weighted by atomic mass is 10.1. The number of rotatable bonds is 26. The molecule has 1 unspecified atom stereocenters. The van der Waals surface area contributed by atoms with E-state index < -0.39 is 32.8 Å². The van der Waals surface area contributed by atoms with Gasteiger partial charge in [-0.05, 0) is 260 Å².